The van der Waals surface area contributed by atoms with E-state index in [9.17, 15) is 9.59 Å². The van der Waals surface area contributed by atoms with Crippen molar-refractivity contribution in [1.82, 2.24) is 0 Å². The van der Waals surface area contributed by atoms with E-state index in [1.165, 1.54) is 19.8 Å². The molecule has 0 saturated heterocycles. The van der Waals surface area contributed by atoms with Crippen LogP contribution >= 0.6 is 0 Å². The summed E-state index contributed by atoms with van der Waals surface area (Å²) < 4.78 is 9.14. The highest BCUT2D eigenvalue weighted by Crippen LogP contribution is 2.14. The fraction of sp³-hybridized carbons (Fsp3) is 0.375. The Kier molecular flexibility index (Phi) is 7.01. The normalized spacial score (nSPS) is 10.9. The Morgan fingerprint density at radius 2 is 1.81 bits per heavy atom. The van der Waals surface area contributed by atoms with Gasteiger partial charge in [-0.1, -0.05) is 25.5 Å². The maximum absolute atomic E-state index is 11.6. The van der Waals surface area contributed by atoms with E-state index < -0.39 is 11.9 Å². The molecule has 0 fully saturated rings. The third kappa shape index (κ3) is 5.69. The molecule has 0 unspecified atom stereocenters. The number of ether oxygens (including phenoxy) is 2. The maximum Gasteiger partial charge on any atom is 0.354 e. The zero-order chi connectivity index (χ0) is 15.7. The monoisotopic (exact) mass is 291 g/mol. The Hall–Kier alpha value is -2.30. The summed E-state index contributed by atoms with van der Waals surface area (Å²) in [5, 5.41) is 2.86. The first-order chi connectivity index (χ1) is 10.1. The fourth-order valence-corrected chi connectivity index (χ4v) is 1.72. The molecule has 0 spiro atoms. The molecule has 0 aromatic heterocycles. The topological polar surface area (TPSA) is 64.6 Å². The molecule has 0 aliphatic carbocycles. The van der Waals surface area contributed by atoms with E-state index in [1.807, 2.05) is 24.3 Å². The number of carbonyl (C=O) groups excluding carboxylic acids is 2. The molecule has 1 aromatic carbocycles. The van der Waals surface area contributed by atoms with Crippen LogP contribution in [0.15, 0.2) is 36.0 Å². The number of carbonyl (C=O) groups is 2. The van der Waals surface area contributed by atoms with Crippen LogP contribution in [0.3, 0.4) is 0 Å². The van der Waals surface area contributed by atoms with Crippen LogP contribution in [0.25, 0.3) is 0 Å². The molecule has 0 bridgehead atoms. The van der Waals surface area contributed by atoms with Gasteiger partial charge in [0.1, 0.15) is 5.70 Å². The van der Waals surface area contributed by atoms with Crippen LogP contribution < -0.4 is 5.32 Å². The first-order valence-corrected chi connectivity index (χ1v) is 6.84. The van der Waals surface area contributed by atoms with E-state index in [0.717, 1.165) is 25.3 Å². The summed E-state index contributed by atoms with van der Waals surface area (Å²) in [5.74, 6) is -1.25. The highest BCUT2D eigenvalue weighted by Gasteiger charge is 2.12. The summed E-state index contributed by atoms with van der Waals surface area (Å²) in [6, 6.07) is 7.70. The van der Waals surface area contributed by atoms with Gasteiger partial charge >= 0.3 is 11.9 Å². The van der Waals surface area contributed by atoms with Crippen molar-refractivity contribution in [2.24, 2.45) is 0 Å². The number of methoxy groups -OCH3 is 2. The fourth-order valence-electron chi connectivity index (χ4n) is 1.72. The first kappa shape index (κ1) is 16.8. The summed E-state index contributed by atoms with van der Waals surface area (Å²) in [6.45, 7) is 2.15. The second-order valence-corrected chi connectivity index (χ2v) is 4.50. The summed E-state index contributed by atoms with van der Waals surface area (Å²) in [4.78, 5) is 22.9. The van der Waals surface area contributed by atoms with E-state index >= 15 is 0 Å². The highest BCUT2D eigenvalue weighted by molar-refractivity contribution is 5.98. The molecule has 5 heteroatoms. The van der Waals surface area contributed by atoms with Crippen molar-refractivity contribution >= 4 is 17.6 Å². The molecule has 21 heavy (non-hydrogen) atoms. The number of hydrogen-bond donors (Lipinski definition) is 1. The number of aryl methyl sites for hydroxylation is 1. The van der Waals surface area contributed by atoms with E-state index in [-0.39, 0.29) is 5.70 Å². The molecule has 5 nitrogen and oxygen atoms in total. The van der Waals surface area contributed by atoms with Crippen LogP contribution in [0.4, 0.5) is 5.69 Å². The molecule has 114 valence electrons. The zero-order valence-corrected chi connectivity index (χ0v) is 12.6. The highest BCUT2D eigenvalue weighted by atomic mass is 16.5. The molecule has 1 N–H and O–H groups in total. The Balaban J connectivity index is 2.81. The van der Waals surface area contributed by atoms with Gasteiger partial charge in [0.25, 0.3) is 0 Å². The van der Waals surface area contributed by atoms with Gasteiger partial charge in [0.05, 0.1) is 20.3 Å². The average molecular weight is 291 g/mol. The van der Waals surface area contributed by atoms with E-state index in [0.29, 0.717) is 5.69 Å². The van der Waals surface area contributed by atoms with Crippen LogP contribution in [0.1, 0.15) is 25.3 Å². The van der Waals surface area contributed by atoms with Gasteiger partial charge < -0.3 is 14.8 Å². The van der Waals surface area contributed by atoms with Crippen LogP contribution in [-0.4, -0.2) is 26.2 Å². The van der Waals surface area contributed by atoms with Gasteiger partial charge in [0.2, 0.25) is 0 Å². The van der Waals surface area contributed by atoms with E-state index in [2.05, 4.69) is 21.7 Å². The van der Waals surface area contributed by atoms with Crippen molar-refractivity contribution in [2.45, 2.75) is 26.2 Å². The lowest BCUT2D eigenvalue weighted by Gasteiger charge is -2.09. The lowest BCUT2D eigenvalue weighted by Crippen LogP contribution is -2.15. The Morgan fingerprint density at radius 3 is 2.33 bits per heavy atom. The lowest BCUT2D eigenvalue weighted by molar-refractivity contribution is -0.138. The van der Waals surface area contributed by atoms with Crippen LogP contribution in [0, 0.1) is 0 Å². The van der Waals surface area contributed by atoms with E-state index in [4.69, 9.17) is 0 Å². The summed E-state index contributed by atoms with van der Waals surface area (Å²) in [6.07, 6.45) is 4.38. The third-order valence-electron chi connectivity index (χ3n) is 2.92. The SMILES string of the molecule is CCCCc1ccc(N/C(=C/C(=O)OC)C(=O)OC)cc1. The number of rotatable bonds is 7. The number of unbranched alkanes of at least 4 members (excludes halogenated alkanes) is 1. The number of nitrogens with one attached hydrogen (secondary N) is 1. The van der Waals surface area contributed by atoms with Gasteiger partial charge in [-0.05, 0) is 30.5 Å². The molecule has 1 rings (SSSR count). The molecular formula is C16H21NO4. The number of hydrogen-bond acceptors (Lipinski definition) is 5. The molecule has 0 aliphatic rings. The van der Waals surface area contributed by atoms with Crippen molar-refractivity contribution in [3.05, 3.63) is 41.6 Å². The van der Waals surface area contributed by atoms with Crippen molar-refractivity contribution in [2.75, 3.05) is 19.5 Å². The summed E-state index contributed by atoms with van der Waals surface area (Å²) in [5.41, 5.74) is 1.97. The number of esters is 2. The second-order valence-electron chi connectivity index (χ2n) is 4.50. The molecule has 0 radical (unpaired) electrons. The van der Waals surface area contributed by atoms with Crippen molar-refractivity contribution in [3.63, 3.8) is 0 Å². The second kappa shape index (κ2) is 8.79. The Bertz CT molecular complexity index is 506. The minimum Gasteiger partial charge on any atom is -0.466 e. The molecule has 0 amide bonds. The predicted octanol–water partition coefficient (Wildman–Crippen LogP) is 2.67. The summed E-state index contributed by atoms with van der Waals surface area (Å²) >= 11 is 0. The minimum atomic E-state index is -0.629. The molecular weight excluding hydrogens is 270 g/mol. The van der Waals surface area contributed by atoms with Gasteiger partial charge in [-0.2, -0.15) is 0 Å². The van der Waals surface area contributed by atoms with Gasteiger partial charge in [0.15, 0.2) is 0 Å². The molecule has 1 aromatic rings. The standard InChI is InChI=1S/C16H21NO4/c1-4-5-6-12-7-9-13(10-8-12)17-14(16(19)21-3)11-15(18)20-2/h7-11,17H,4-6H2,1-3H3/b14-11+. The smallest absolute Gasteiger partial charge is 0.354 e. The van der Waals surface area contributed by atoms with Crippen LogP contribution in [-0.2, 0) is 25.5 Å². The Labute approximate surface area is 124 Å². The minimum absolute atomic E-state index is 0.0330. The number of anilines is 1. The first-order valence-electron chi connectivity index (χ1n) is 6.84. The average Bonchev–Trinajstić information content (AvgIpc) is 2.52. The van der Waals surface area contributed by atoms with E-state index in [1.54, 1.807) is 0 Å². The van der Waals surface area contributed by atoms with Gasteiger partial charge in [-0.15, -0.1) is 0 Å². The van der Waals surface area contributed by atoms with Crippen molar-refractivity contribution in [1.29, 1.82) is 0 Å². The lowest BCUT2D eigenvalue weighted by atomic mass is 10.1. The number of benzene rings is 1. The van der Waals surface area contributed by atoms with Gasteiger partial charge in [-0.3, -0.25) is 0 Å². The third-order valence-corrected chi connectivity index (χ3v) is 2.92. The molecule has 0 heterocycles. The van der Waals surface area contributed by atoms with Gasteiger partial charge in [-0.25, -0.2) is 9.59 Å². The molecule has 0 saturated carbocycles. The Morgan fingerprint density at radius 1 is 1.14 bits per heavy atom. The van der Waals surface area contributed by atoms with Gasteiger partial charge in [0, 0.05) is 5.69 Å². The summed E-state index contributed by atoms with van der Waals surface area (Å²) in [7, 11) is 2.50. The van der Waals surface area contributed by atoms with Crippen LogP contribution in [0.2, 0.25) is 0 Å². The quantitative estimate of drug-likeness (QED) is 0.618. The predicted molar refractivity (Wildman–Crippen MR) is 80.8 cm³/mol. The van der Waals surface area contributed by atoms with Crippen molar-refractivity contribution < 1.29 is 19.1 Å². The molecule has 0 aliphatic heterocycles. The maximum atomic E-state index is 11.6. The van der Waals surface area contributed by atoms with Crippen molar-refractivity contribution in [3.8, 4) is 0 Å². The molecule has 0 atom stereocenters. The largest absolute Gasteiger partial charge is 0.466 e. The van der Waals surface area contributed by atoms with Crippen LogP contribution in [0.5, 0.6) is 0 Å². The zero-order valence-electron chi connectivity index (χ0n) is 12.6.